The maximum atomic E-state index is 3.69. The standard InChI is InChI=1S/C14H30N2/c1-4-13(3)16(5-2)12-8-11-15-14-9-6-7-10-14/h13-15H,4-12H2,1-3H3. The van der Waals surface area contributed by atoms with E-state index in [1.165, 1.54) is 58.2 Å². The van der Waals surface area contributed by atoms with Crippen LogP contribution < -0.4 is 5.32 Å². The third-order valence-corrected chi connectivity index (χ3v) is 4.03. The van der Waals surface area contributed by atoms with E-state index in [4.69, 9.17) is 0 Å². The molecule has 0 aliphatic heterocycles. The molecule has 0 saturated heterocycles. The van der Waals surface area contributed by atoms with Crippen LogP contribution >= 0.6 is 0 Å². The maximum Gasteiger partial charge on any atom is 0.00670 e. The van der Waals surface area contributed by atoms with Crippen LogP contribution in [-0.4, -0.2) is 36.6 Å². The topological polar surface area (TPSA) is 15.3 Å². The molecule has 0 spiro atoms. The van der Waals surface area contributed by atoms with Gasteiger partial charge in [-0.3, -0.25) is 0 Å². The first-order valence-electron chi connectivity index (χ1n) is 7.25. The monoisotopic (exact) mass is 226 g/mol. The zero-order valence-electron chi connectivity index (χ0n) is 11.5. The summed E-state index contributed by atoms with van der Waals surface area (Å²) in [5.41, 5.74) is 0. The van der Waals surface area contributed by atoms with Crippen LogP contribution in [0.4, 0.5) is 0 Å². The molecule has 0 aromatic heterocycles. The van der Waals surface area contributed by atoms with Crippen LogP contribution in [0.5, 0.6) is 0 Å². The van der Waals surface area contributed by atoms with E-state index < -0.39 is 0 Å². The molecule has 0 amide bonds. The first kappa shape index (κ1) is 14.0. The van der Waals surface area contributed by atoms with Crippen molar-refractivity contribution in [3.05, 3.63) is 0 Å². The van der Waals surface area contributed by atoms with Crippen LogP contribution in [0.1, 0.15) is 59.3 Å². The zero-order valence-corrected chi connectivity index (χ0v) is 11.5. The van der Waals surface area contributed by atoms with Crippen molar-refractivity contribution in [1.29, 1.82) is 0 Å². The molecule has 0 radical (unpaired) electrons. The molecule has 0 aromatic carbocycles. The van der Waals surface area contributed by atoms with Gasteiger partial charge in [0.05, 0.1) is 0 Å². The maximum absolute atomic E-state index is 3.69. The van der Waals surface area contributed by atoms with Gasteiger partial charge in [-0.2, -0.15) is 0 Å². The van der Waals surface area contributed by atoms with E-state index in [2.05, 4.69) is 31.0 Å². The Morgan fingerprint density at radius 3 is 2.50 bits per heavy atom. The molecule has 1 rings (SSSR count). The Hall–Kier alpha value is -0.0800. The molecule has 1 aliphatic carbocycles. The third kappa shape index (κ3) is 4.84. The highest BCUT2D eigenvalue weighted by Gasteiger charge is 2.14. The van der Waals surface area contributed by atoms with Gasteiger partial charge in [-0.1, -0.05) is 26.7 Å². The van der Waals surface area contributed by atoms with Crippen molar-refractivity contribution in [3.63, 3.8) is 0 Å². The molecule has 0 heterocycles. The van der Waals surface area contributed by atoms with Crippen molar-refractivity contribution in [2.75, 3.05) is 19.6 Å². The fourth-order valence-electron chi connectivity index (χ4n) is 2.67. The molecule has 2 heteroatoms. The predicted octanol–water partition coefficient (Wildman–Crippen LogP) is 3.03. The summed E-state index contributed by atoms with van der Waals surface area (Å²) in [7, 11) is 0. The highest BCUT2D eigenvalue weighted by molar-refractivity contribution is 4.73. The average Bonchev–Trinajstić information content (AvgIpc) is 2.81. The van der Waals surface area contributed by atoms with Crippen molar-refractivity contribution in [3.8, 4) is 0 Å². The number of nitrogens with one attached hydrogen (secondary N) is 1. The summed E-state index contributed by atoms with van der Waals surface area (Å²) in [6.07, 6.45) is 8.25. The molecule has 96 valence electrons. The Morgan fingerprint density at radius 1 is 1.25 bits per heavy atom. The van der Waals surface area contributed by atoms with Gasteiger partial charge in [0.25, 0.3) is 0 Å². The van der Waals surface area contributed by atoms with E-state index in [1.807, 2.05) is 0 Å². The summed E-state index contributed by atoms with van der Waals surface area (Å²) >= 11 is 0. The fraction of sp³-hybridized carbons (Fsp3) is 1.00. The van der Waals surface area contributed by atoms with Gasteiger partial charge in [-0.05, 0) is 52.2 Å². The molecule has 1 aliphatic rings. The van der Waals surface area contributed by atoms with Crippen LogP contribution in [0.2, 0.25) is 0 Å². The first-order valence-corrected chi connectivity index (χ1v) is 7.25. The highest BCUT2D eigenvalue weighted by Crippen LogP contribution is 2.17. The van der Waals surface area contributed by atoms with Gasteiger partial charge in [-0.15, -0.1) is 0 Å². The van der Waals surface area contributed by atoms with Crippen molar-refractivity contribution in [1.82, 2.24) is 10.2 Å². The largest absolute Gasteiger partial charge is 0.314 e. The van der Waals surface area contributed by atoms with E-state index in [9.17, 15) is 0 Å². The summed E-state index contributed by atoms with van der Waals surface area (Å²) < 4.78 is 0. The minimum atomic E-state index is 0.747. The molecule has 1 atom stereocenters. The minimum absolute atomic E-state index is 0.747. The first-order chi connectivity index (χ1) is 7.77. The van der Waals surface area contributed by atoms with E-state index >= 15 is 0 Å². The lowest BCUT2D eigenvalue weighted by Gasteiger charge is -2.27. The molecule has 1 N–H and O–H groups in total. The highest BCUT2D eigenvalue weighted by atomic mass is 15.1. The summed E-state index contributed by atoms with van der Waals surface area (Å²) in [5, 5.41) is 3.69. The van der Waals surface area contributed by atoms with Crippen LogP contribution in [0.3, 0.4) is 0 Å². The summed E-state index contributed by atoms with van der Waals surface area (Å²) in [6.45, 7) is 10.6. The molecule has 1 saturated carbocycles. The lowest BCUT2D eigenvalue weighted by molar-refractivity contribution is 0.211. The number of rotatable bonds is 8. The van der Waals surface area contributed by atoms with Gasteiger partial charge >= 0.3 is 0 Å². The van der Waals surface area contributed by atoms with Gasteiger partial charge in [0.1, 0.15) is 0 Å². The van der Waals surface area contributed by atoms with E-state index in [0.717, 1.165) is 12.1 Å². The van der Waals surface area contributed by atoms with Crippen molar-refractivity contribution in [2.24, 2.45) is 0 Å². The molecule has 16 heavy (non-hydrogen) atoms. The number of nitrogens with zero attached hydrogens (tertiary/aromatic N) is 1. The lowest BCUT2D eigenvalue weighted by atomic mass is 10.2. The summed E-state index contributed by atoms with van der Waals surface area (Å²) in [5.74, 6) is 0. The molecule has 2 nitrogen and oxygen atoms in total. The van der Waals surface area contributed by atoms with Crippen molar-refractivity contribution >= 4 is 0 Å². The second-order valence-electron chi connectivity index (χ2n) is 5.17. The molecular formula is C14H30N2. The second-order valence-corrected chi connectivity index (χ2v) is 5.17. The molecule has 0 aromatic rings. The number of hydrogen-bond donors (Lipinski definition) is 1. The SMILES string of the molecule is CCC(C)N(CC)CCCNC1CCCC1. The van der Waals surface area contributed by atoms with Crippen molar-refractivity contribution in [2.45, 2.75) is 71.4 Å². The Balaban J connectivity index is 2.03. The van der Waals surface area contributed by atoms with E-state index in [0.29, 0.717) is 0 Å². The normalized spacial score (nSPS) is 19.5. The van der Waals surface area contributed by atoms with Crippen LogP contribution in [0.15, 0.2) is 0 Å². The van der Waals surface area contributed by atoms with Crippen LogP contribution in [-0.2, 0) is 0 Å². The van der Waals surface area contributed by atoms with Gasteiger partial charge < -0.3 is 10.2 Å². The zero-order chi connectivity index (χ0) is 11.8. The average molecular weight is 226 g/mol. The van der Waals surface area contributed by atoms with Gasteiger partial charge in [-0.25, -0.2) is 0 Å². The quantitative estimate of drug-likeness (QED) is 0.640. The van der Waals surface area contributed by atoms with Gasteiger partial charge in [0.2, 0.25) is 0 Å². The predicted molar refractivity (Wildman–Crippen MR) is 71.9 cm³/mol. The Labute approximate surface area is 102 Å². The number of hydrogen-bond acceptors (Lipinski definition) is 2. The molecule has 1 fully saturated rings. The Bertz CT molecular complexity index is 164. The van der Waals surface area contributed by atoms with E-state index in [-0.39, 0.29) is 0 Å². The molecular weight excluding hydrogens is 196 g/mol. The fourth-order valence-corrected chi connectivity index (χ4v) is 2.67. The van der Waals surface area contributed by atoms with Crippen LogP contribution in [0, 0.1) is 0 Å². The van der Waals surface area contributed by atoms with E-state index in [1.54, 1.807) is 0 Å². The lowest BCUT2D eigenvalue weighted by Crippen LogP contribution is -2.35. The van der Waals surface area contributed by atoms with Crippen molar-refractivity contribution < 1.29 is 0 Å². The van der Waals surface area contributed by atoms with Gasteiger partial charge in [0.15, 0.2) is 0 Å². The molecule has 1 unspecified atom stereocenters. The Morgan fingerprint density at radius 2 is 1.94 bits per heavy atom. The Kier molecular flexibility index (Phi) is 7.06. The second kappa shape index (κ2) is 8.08. The minimum Gasteiger partial charge on any atom is -0.314 e. The smallest absolute Gasteiger partial charge is 0.00670 e. The molecule has 0 bridgehead atoms. The summed E-state index contributed by atoms with van der Waals surface area (Å²) in [4.78, 5) is 2.59. The summed E-state index contributed by atoms with van der Waals surface area (Å²) in [6, 6.07) is 1.58. The third-order valence-electron chi connectivity index (χ3n) is 4.03. The van der Waals surface area contributed by atoms with Gasteiger partial charge in [0, 0.05) is 12.1 Å². The van der Waals surface area contributed by atoms with Crippen LogP contribution in [0.25, 0.3) is 0 Å².